The Hall–Kier alpha value is -2.68. The molecule has 0 aliphatic carbocycles. The lowest BCUT2D eigenvalue weighted by atomic mass is 10.2. The van der Waals surface area contributed by atoms with Crippen molar-refractivity contribution in [3.05, 3.63) is 35.2 Å². The van der Waals surface area contributed by atoms with Crippen LogP contribution in [0.1, 0.15) is 28.7 Å². The minimum Gasteiger partial charge on any atom is -0.384 e. The molecule has 0 saturated heterocycles. The molecule has 6 heteroatoms. The van der Waals surface area contributed by atoms with Gasteiger partial charge in [0, 0.05) is 5.69 Å². The molecule has 0 amide bonds. The third-order valence-corrected chi connectivity index (χ3v) is 2.48. The van der Waals surface area contributed by atoms with Crippen molar-refractivity contribution < 1.29 is 4.79 Å². The third kappa shape index (κ3) is 1.94. The molecule has 0 spiro atoms. The maximum atomic E-state index is 11.6. The summed E-state index contributed by atoms with van der Waals surface area (Å²) in [5.41, 5.74) is 7.03. The van der Waals surface area contributed by atoms with E-state index in [9.17, 15) is 4.79 Å². The summed E-state index contributed by atoms with van der Waals surface area (Å²) in [5, 5.41) is 12.9. The quantitative estimate of drug-likeness (QED) is 0.797. The lowest BCUT2D eigenvalue weighted by molar-refractivity contribution is 0.101. The van der Waals surface area contributed by atoms with Gasteiger partial charge in [0.1, 0.15) is 11.9 Å². The highest BCUT2D eigenvalue weighted by atomic mass is 16.1. The lowest BCUT2D eigenvalue weighted by Gasteiger charge is -2.08. The number of carbonyl (C=O) groups excluding carboxylic acids is 1. The molecule has 0 aromatic carbocycles. The van der Waals surface area contributed by atoms with Gasteiger partial charge < -0.3 is 5.73 Å². The summed E-state index contributed by atoms with van der Waals surface area (Å²) in [6.07, 6.45) is 0. The van der Waals surface area contributed by atoms with Gasteiger partial charge in [-0.3, -0.25) is 4.79 Å². The number of carbonyl (C=O) groups is 1. The van der Waals surface area contributed by atoms with Gasteiger partial charge in [-0.2, -0.15) is 10.4 Å². The summed E-state index contributed by atoms with van der Waals surface area (Å²) < 4.78 is 1.45. The van der Waals surface area contributed by atoms with Crippen LogP contribution < -0.4 is 5.73 Å². The summed E-state index contributed by atoms with van der Waals surface area (Å²) in [5.74, 6) is 0.510. The van der Waals surface area contributed by atoms with Crippen LogP contribution >= 0.6 is 0 Å². The van der Waals surface area contributed by atoms with E-state index in [-0.39, 0.29) is 11.5 Å². The summed E-state index contributed by atoms with van der Waals surface area (Å²) in [4.78, 5) is 15.7. The first-order chi connectivity index (χ1) is 8.52. The summed E-state index contributed by atoms with van der Waals surface area (Å²) in [7, 11) is 0. The molecule has 2 N–H and O–H groups in total. The molecule has 2 rings (SSSR count). The fourth-order valence-corrected chi connectivity index (χ4v) is 1.64. The Kier molecular flexibility index (Phi) is 2.81. The molecule has 18 heavy (non-hydrogen) atoms. The molecule has 2 aromatic heterocycles. The number of nitrogens with two attached hydrogens (primary N) is 1. The molecular weight excluding hydrogens is 230 g/mol. The van der Waals surface area contributed by atoms with Crippen LogP contribution in [0, 0.1) is 18.3 Å². The molecule has 0 aliphatic heterocycles. The largest absolute Gasteiger partial charge is 0.384 e. The van der Waals surface area contributed by atoms with E-state index in [1.54, 1.807) is 25.1 Å². The Morgan fingerprint density at radius 2 is 2.22 bits per heavy atom. The maximum Gasteiger partial charge on any atom is 0.166 e. The van der Waals surface area contributed by atoms with Gasteiger partial charge in [0.15, 0.2) is 17.3 Å². The Bertz CT molecular complexity index is 666. The van der Waals surface area contributed by atoms with Crippen molar-refractivity contribution in [1.82, 2.24) is 14.8 Å². The minimum atomic E-state index is -0.133. The van der Waals surface area contributed by atoms with Crippen LogP contribution in [0.2, 0.25) is 0 Å². The fraction of sp³-hybridized carbons (Fsp3) is 0.167. The second kappa shape index (κ2) is 4.30. The zero-order valence-corrected chi connectivity index (χ0v) is 10.0. The number of nitrogen functional groups attached to an aromatic ring is 1. The van der Waals surface area contributed by atoms with E-state index in [4.69, 9.17) is 11.0 Å². The van der Waals surface area contributed by atoms with Crippen molar-refractivity contribution >= 4 is 11.6 Å². The second-order valence-corrected chi connectivity index (χ2v) is 3.86. The van der Waals surface area contributed by atoms with Crippen molar-refractivity contribution in [3.63, 3.8) is 0 Å². The smallest absolute Gasteiger partial charge is 0.166 e. The van der Waals surface area contributed by atoms with Crippen LogP contribution in [0.4, 0.5) is 5.82 Å². The Labute approximate surface area is 104 Å². The molecule has 90 valence electrons. The van der Waals surface area contributed by atoms with E-state index < -0.39 is 0 Å². The molecule has 6 nitrogen and oxygen atoms in total. The number of hydrogen-bond acceptors (Lipinski definition) is 5. The number of aromatic nitrogens is 3. The number of Topliss-reactive ketones (excluding diaryl/α,β-unsaturated/α-hetero) is 1. The van der Waals surface area contributed by atoms with Crippen molar-refractivity contribution in [2.45, 2.75) is 13.8 Å². The zero-order valence-electron chi connectivity index (χ0n) is 10.0. The number of hydrogen-bond donors (Lipinski definition) is 1. The number of anilines is 1. The first-order valence-electron chi connectivity index (χ1n) is 5.27. The molecule has 0 fully saturated rings. The van der Waals surface area contributed by atoms with Crippen molar-refractivity contribution in [1.29, 1.82) is 5.26 Å². The molecule has 0 aliphatic rings. The lowest BCUT2D eigenvalue weighted by Crippen LogP contribution is -2.10. The van der Waals surface area contributed by atoms with Crippen LogP contribution in [-0.4, -0.2) is 20.5 Å². The molecule has 2 aromatic rings. The van der Waals surface area contributed by atoms with Gasteiger partial charge in [-0.05, 0) is 32.0 Å². The Balaban J connectivity index is 2.69. The maximum absolute atomic E-state index is 11.6. The van der Waals surface area contributed by atoms with E-state index in [0.717, 1.165) is 0 Å². The number of nitrogens with zero attached hydrogens (tertiary/aromatic N) is 4. The van der Waals surface area contributed by atoms with Crippen LogP contribution in [-0.2, 0) is 0 Å². The van der Waals surface area contributed by atoms with Crippen LogP contribution in [0.25, 0.3) is 5.82 Å². The molecule has 0 bridgehead atoms. The zero-order chi connectivity index (χ0) is 13.3. The van der Waals surface area contributed by atoms with Crippen LogP contribution in [0.3, 0.4) is 0 Å². The van der Waals surface area contributed by atoms with Crippen molar-refractivity contribution in [3.8, 4) is 11.9 Å². The van der Waals surface area contributed by atoms with Crippen LogP contribution in [0.5, 0.6) is 0 Å². The van der Waals surface area contributed by atoms with E-state index in [0.29, 0.717) is 22.9 Å². The predicted molar refractivity (Wildman–Crippen MR) is 65.2 cm³/mol. The highest BCUT2D eigenvalue weighted by Gasteiger charge is 2.14. The fourth-order valence-electron chi connectivity index (χ4n) is 1.64. The number of aryl methyl sites for hydroxylation is 1. The standard InChI is InChI=1S/C12H11N5O/c1-7-5-9(6-13)16-17(7)12-10(8(2)18)3-4-11(14)15-12/h3-5H,1-2H3,(H2,14,15). The van der Waals surface area contributed by atoms with Crippen LogP contribution in [0.15, 0.2) is 18.2 Å². The predicted octanol–water partition coefficient (Wildman–Crippen LogP) is 1.23. The molecule has 0 atom stereocenters. The molecule has 0 radical (unpaired) electrons. The summed E-state index contributed by atoms with van der Waals surface area (Å²) in [6, 6.07) is 6.73. The number of pyridine rings is 1. The normalized spacial score (nSPS) is 10.1. The number of ketones is 1. The SMILES string of the molecule is CC(=O)c1ccc(N)nc1-n1nc(C#N)cc1C. The van der Waals surface area contributed by atoms with E-state index in [1.165, 1.54) is 11.6 Å². The third-order valence-electron chi connectivity index (χ3n) is 2.48. The second-order valence-electron chi connectivity index (χ2n) is 3.86. The Morgan fingerprint density at radius 3 is 2.78 bits per heavy atom. The molecule has 0 unspecified atom stereocenters. The van der Waals surface area contributed by atoms with Gasteiger partial charge in [0.05, 0.1) is 5.56 Å². The van der Waals surface area contributed by atoms with E-state index >= 15 is 0 Å². The Morgan fingerprint density at radius 1 is 1.50 bits per heavy atom. The first kappa shape index (κ1) is 11.8. The molecule has 2 heterocycles. The average Bonchev–Trinajstić information content (AvgIpc) is 2.70. The average molecular weight is 241 g/mol. The molecular formula is C12H11N5O. The van der Waals surface area contributed by atoms with E-state index in [1.807, 2.05) is 6.07 Å². The highest BCUT2D eigenvalue weighted by molar-refractivity contribution is 5.97. The number of rotatable bonds is 2. The number of nitriles is 1. The summed E-state index contributed by atoms with van der Waals surface area (Å²) in [6.45, 7) is 3.23. The van der Waals surface area contributed by atoms with Gasteiger partial charge in [0.25, 0.3) is 0 Å². The first-order valence-corrected chi connectivity index (χ1v) is 5.27. The van der Waals surface area contributed by atoms with Gasteiger partial charge in [0.2, 0.25) is 0 Å². The monoisotopic (exact) mass is 241 g/mol. The van der Waals surface area contributed by atoms with Gasteiger partial charge >= 0.3 is 0 Å². The van der Waals surface area contributed by atoms with Gasteiger partial charge in [-0.1, -0.05) is 0 Å². The van der Waals surface area contributed by atoms with Crippen molar-refractivity contribution in [2.24, 2.45) is 0 Å². The van der Waals surface area contributed by atoms with E-state index in [2.05, 4.69) is 10.1 Å². The van der Waals surface area contributed by atoms with Crippen molar-refractivity contribution in [2.75, 3.05) is 5.73 Å². The highest BCUT2D eigenvalue weighted by Crippen LogP contribution is 2.17. The molecule has 0 saturated carbocycles. The summed E-state index contributed by atoms with van der Waals surface area (Å²) >= 11 is 0. The topological polar surface area (TPSA) is 97.6 Å². The minimum absolute atomic E-state index is 0.133. The van der Waals surface area contributed by atoms with Gasteiger partial charge in [-0.25, -0.2) is 9.67 Å². The van der Waals surface area contributed by atoms with Gasteiger partial charge in [-0.15, -0.1) is 0 Å².